The quantitative estimate of drug-likeness (QED) is 0.738. The lowest BCUT2D eigenvalue weighted by Crippen LogP contribution is -2.27. The fourth-order valence-corrected chi connectivity index (χ4v) is 2.86. The number of carbonyl (C=O) groups excluding carboxylic acids is 3. The molecule has 2 aromatic carbocycles. The minimum Gasteiger partial charge on any atom is -0.497 e. The third-order valence-corrected chi connectivity index (χ3v) is 4.65. The van der Waals surface area contributed by atoms with Crippen molar-refractivity contribution in [3.8, 4) is 5.75 Å². The summed E-state index contributed by atoms with van der Waals surface area (Å²) in [5.41, 5.74) is 2.18. The molecule has 0 radical (unpaired) electrons. The van der Waals surface area contributed by atoms with Crippen molar-refractivity contribution in [1.29, 1.82) is 0 Å². The summed E-state index contributed by atoms with van der Waals surface area (Å²) >= 11 is 0. The van der Waals surface area contributed by atoms with Gasteiger partial charge in [0, 0.05) is 17.8 Å². The van der Waals surface area contributed by atoms with Crippen LogP contribution >= 0.6 is 0 Å². The van der Waals surface area contributed by atoms with E-state index in [2.05, 4.69) is 10.6 Å². The third kappa shape index (κ3) is 4.73. The summed E-state index contributed by atoms with van der Waals surface area (Å²) in [6.07, 6.45) is 0.547. The van der Waals surface area contributed by atoms with E-state index in [4.69, 9.17) is 4.74 Å². The van der Waals surface area contributed by atoms with Crippen molar-refractivity contribution in [2.75, 3.05) is 12.4 Å². The summed E-state index contributed by atoms with van der Waals surface area (Å²) in [7, 11) is 1.60. The van der Waals surface area contributed by atoms with Crippen LogP contribution < -0.4 is 15.4 Å². The molecule has 0 bridgehead atoms. The van der Waals surface area contributed by atoms with E-state index in [9.17, 15) is 14.4 Å². The Morgan fingerprint density at radius 3 is 2.19 bits per heavy atom. The number of benzene rings is 2. The third-order valence-electron chi connectivity index (χ3n) is 4.65. The second-order valence-electron chi connectivity index (χ2n) is 6.64. The normalized spacial score (nSPS) is 17.7. The van der Waals surface area contributed by atoms with Crippen LogP contribution in [0.4, 0.5) is 5.69 Å². The van der Waals surface area contributed by atoms with Gasteiger partial charge in [0.15, 0.2) is 5.78 Å². The first-order valence-corrected chi connectivity index (χ1v) is 8.80. The number of anilines is 1. The first-order valence-electron chi connectivity index (χ1n) is 8.80. The molecule has 0 saturated heterocycles. The van der Waals surface area contributed by atoms with Crippen LogP contribution in [-0.4, -0.2) is 24.7 Å². The molecule has 1 aliphatic carbocycles. The van der Waals surface area contributed by atoms with E-state index in [0.717, 1.165) is 11.3 Å². The highest BCUT2D eigenvalue weighted by molar-refractivity contribution is 6.00. The van der Waals surface area contributed by atoms with Crippen molar-refractivity contribution in [1.82, 2.24) is 5.32 Å². The molecule has 3 rings (SSSR count). The zero-order chi connectivity index (χ0) is 19.4. The number of Topliss-reactive ketones (excluding diaryl/α,β-unsaturated/α-hetero) is 1. The highest BCUT2D eigenvalue weighted by Gasteiger charge is 2.47. The minimum atomic E-state index is -0.312. The number of carbonyl (C=O) groups is 3. The molecular weight excluding hydrogens is 344 g/mol. The Kier molecular flexibility index (Phi) is 5.54. The Balaban J connectivity index is 1.46. The Hall–Kier alpha value is -3.15. The maximum absolute atomic E-state index is 12.3. The maximum atomic E-state index is 12.3. The number of ether oxygens (including phenoxy) is 1. The second kappa shape index (κ2) is 8.03. The average molecular weight is 366 g/mol. The van der Waals surface area contributed by atoms with Gasteiger partial charge in [0.1, 0.15) is 5.75 Å². The van der Waals surface area contributed by atoms with Crippen LogP contribution in [0.3, 0.4) is 0 Å². The van der Waals surface area contributed by atoms with E-state index < -0.39 is 0 Å². The molecule has 27 heavy (non-hydrogen) atoms. The molecular formula is C21H22N2O4. The van der Waals surface area contributed by atoms with E-state index in [-0.39, 0.29) is 29.4 Å². The zero-order valence-corrected chi connectivity index (χ0v) is 15.3. The molecule has 0 aliphatic heterocycles. The molecule has 2 amide bonds. The van der Waals surface area contributed by atoms with Crippen molar-refractivity contribution in [3.05, 3.63) is 59.7 Å². The van der Waals surface area contributed by atoms with Gasteiger partial charge >= 0.3 is 0 Å². The molecule has 6 heteroatoms. The van der Waals surface area contributed by atoms with Crippen molar-refractivity contribution in [2.45, 2.75) is 19.9 Å². The number of nitrogens with one attached hydrogen (secondary N) is 2. The van der Waals surface area contributed by atoms with Gasteiger partial charge in [-0.3, -0.25) is 14.4 Å². The highest BCUT2D eigenvalue weighted by atomic mass is 16.5. The summed E-state index contributed by atoms with van der Waals surface area (Å²) in [6.45, 7) is 1.91. The van der Waals surface area contributed by atoms with E-state index in [1.54, 1.807) is 31.4 Å². The average Bonchev–Trinajstić information content (AvgIpc) is 3.48. The van der Waals surface area contributed by atoms with E-state index in [0.29, 0.717) is 24.2 Å². The van der Waals surface area contributed by atoms with Gasteiger partial charge in [0.05, 0.1) is 18.9 Å². The molecule has 1 aliphatic rings. The Morgan fingerprint density at radius 1 is 0.963 bits per heavy atom. The van der Waals surface area contributed by atoms with Gasteiger partial charge in [0.2, 0.25) is 11.8 Å². The van der Waals surface area contributed by atoms with Crippen LogP contribution in [0.1, 0.15) is 29.3 Å². The predicted octanol–water partition coefficient (Wildman–Crippen LogP) is 2.79. The molecule has 1 saturated carbocycles. The van der Waals surface area contributed by atoms with Crippen molar-refractivity contribution in [2.24, 2.45) is 11.8 Å². The largest absolute Gasteiger partial charge is 0.497 e. The lowest BCUT2D eigenvalue weighted by atomic mass is 10.1. The maximum Gasteiger partial charge on any atom is 0.228 e. The van der Waals surface area contributed by atoms with Crippen LogP contribution in [-0.2, 0) is 16.1 Å². The van der Waals surface area contributed by atoms with Gasteiger partial charge in [0.25, 0.3) is 0 Å². The van der Waals surface area contributed by atoms with Crippen molar-refractivity contribution in [3.63, 3.8) is 0 Å². The summed E-state index contributed by atoms with van der Waals surface area (Å²) < 4.78 is 5.10. The van der Waals surface area contributed by atoms with Gasteiger partial charge in [-0.1, -0.05) is 12.1 Å². The van der Waals surface area contributed by atoms with E-state index >= 15 is 0 Å². The number of hydrogen-bond donors (Lipinski definition) is 2. The summed E-state index contributed by atoms with van der Waals surface area (Å²) in [6, 6.07) is 14.2. The molecule has 1 fully saturated rings. The standard InChI is InChI=1S/C21H22N2O4/c1-13(24)15-5-7-16(8-6-15)23-21(26)19-11-18(19)20(25)22-12-14-3-9-17(27-2)10-4-14/h3-10,18-19H,11-12H2,1-2H3,(H,22,25)(H,23,26). The van der Waals surface area contributed by atoms with E-state index in [1.807, 2.05) is 24.3 Å². The van der Waals surface area contributed by atoms with Crippen LogP contribution in [0, 0.1) is 11.8 Å². The van der Waals surface area contributed by atoms with Crippen molar-refractivity contribution >= 4 is 23.3 Å². The number of methoxy groups -OCH3 is 1. The zero-order valence-electron chi connectivity index (χ0n) is 15.3. The van der Waals surface area contributed by atoms with Gasteiger partial charge in [-0.05, 0) is 55.3 Å². The molecule has 6 nitrogen and oxygen atoms in total. The molecule has 0 heterocycles. The van der Waals surface area contributed by atoms with E-state index in [1.165, 1.54) is 6.92 Å². The van der Waals surface area contributed by atoms with Crippen LogP contribution in [0.15, 0.2) is 48.5 Å². The summed E-state index contributed by atoms with van der Waals surface area (Å²) in [5.74, 6) is -0.148. The summed E-state index contributed by atoms with van der Waals surface area (Å²) in [4.78, 5) is 35.8. The Morgan fingerprint density at radius 2 is 1.59 bits per heavy atom. The van der Waals surface area contributed by atoms with Gasteiger partial charge in [-0.2, -0.15) is 0 Å². The number of rotatable bonds is 7. The van der Waals surface area contributed by atoms with Gasteiger partial charge in [-0.15, -0.1) is 0 Å². The van der Waals surface area contributed by atoms with Gasteiger partial charge < -0.3 is 15.4 Å². The first-order chi connectivity index (χ1) is 13.0. The SMILES string of the molecule is COc1ccc(CNC(=O)C2CC2C(=O)Nc2ccc(C(C)=O)cc2)cc1. The monoisotopic (exact) mass is 366 g/mol. The van der Waals surface area contributed by atoms with Crippen LogP contribution in [0.25, 0.3) is 0 Å². The molecule has 2 atom stereocenters. The lowest BCUT2D eigenvalue weighted by molar-refractivity contribution is -0.125. The molecule has 0 spiro atoms. The Labute approximate surface area is 157 Å². The van der Waals surface area contributed by atoms with Crippen LogP contribution in [0.2, 0.25) is 0 Å². The van der Waals surface area contributed by atoms with Crippen LogP contribution in [0.5, 0.6) is 5.75 Å². The highest BCUT2D eigenvalue weighted by Crippen LogP contribution is 2.39. The smallest absolute Gasteiger partial charge is 0.228 e. The second-order valence-corrected chi connectivity index (χ2v) is 6.64. The van der Waals surface area contributed by atoms with Crippen molar-refractivity contribution < 1.29 is 19.1 Å². The molecule has 2 unspecified atom stereocenters. The van der Waals surface area contributed by atoms with Gasteiger partial charge in [-0.25, -0.2) is 0 Å². The lowest BCUT2D eigenvalue weighted by Gasteiger charge is -2.07. The minimum absolute atomic E-state index is 0.0244. The predicted molar refractivity (Wildman–Crippen MR) is 102 cm³/mol. The first kappa shape index (κ1) is 18.6. The molecule has 140 valence electrons. The molecule has 2 N–H and O–H groups in total. The number of amides is 2. The number of ketones is 1. The molecule has 0 aromatic heterocycles. The molecule has 2 aromatic rings. The fraction of sp³-hybridized carbons (Fsp3) is 0.286. The topological polar surface area (TPSA) is 84.5 Å². The fourth-order valence-electron chi connectivity index (χ4n) is 2.86. The summed E-state index contributed by atoms with van der Waals surface area (Å²) in [5, 5.41) is 5.67. The number of hydrogen-bond acceptors (Lipinski definition) is 4. The Bertz CT molecular complexity index is 843.